The molecular formula is C14H14IN5O2. The number of aryl methyl sites for hydroxylation is 1. The van der Waals surface area contributed by atoms with Crippen molar-refractivity contribution in [1.29, 1.82) is 0 Å². The highest BCUT2D eigenvalue weighted by atomic mass is 127. The molecule has 22 heavy (non-hydrogen) atoms. The molecule has 0 bridgehead atoms. The Labute approximate surface area is 139 Å². The van der Waals surface area contributed by atoms with Crippen LogP contribution in [0.15, 0.2) is 33.9 Å². The van der Waals surface area contributed by atoms with E-state index in [4.69, 9.17) is 0 Å². The second-order valence-corrected chi connectivity index (χ2v) is 6.02. The van der Waals surface area contributed by atoms with Gasteiger partial charge in [-0.25, -0.2) is 4.79 Å². The van der Waals surface area contributed by atoms with E-state index >= 15 is 0 Å². The molecular weight excluding hydrogens is 397 g/mol. The molecule has 3 aromatic rings. The number of fused-ring (bicyclic) bond motifs is 1. The number of anilines is 1. The van der Waals surface area contributed by atoms with Gasteiger partial charge in [-0.1, -0.05) is 18.2 Å². The minimum absolute atomic E-state index is 0.365. The van der Waals surface area contributed by atoms with E-state index in [9.17, 15) is 9.59 Å². The summed E-state index contributed by atoms with van der Waals surface area (Å²) in [5.74, 6) is 0.543. The standard InChI is InChI=1S/C14H14IN5O2/c1-16-13-17-11-10(12(21)18-14(22)19(11)2)20(13)7-8-5-3-4-6-9(8)15/h3-6H,7H2,1-2H3,(H,16,17)(H,18,21,22). The number of imidazole rings is 1. The Kier molecular flexibility index (Phi) is 3.77. The molecule has 2 N–H and O–H groups in total. The first-order valence-electron chi connectivity index (χ1n) is 6.63. The molecule has 0 fully saturated rings. The minimum atomic E-state index is -0.473. The van der Waals surface area contributed by atoms with Gasteiger partial charge in [0, 0.05) is 17.7 Å². The van der Waals surface area contributed by atoms with Crippen LogP contribution in [0.3, 0.4) is 0 Å². The maximum atomic E-state index is 12.2. The summed E-state index contributed by atoms with van der Waals surface area (Å²) in [5.41, 5.74) is 0.916. The van der Waals surface area contributed by atoms with Gasteiger partial charge >= 0.3 is 5.69 Å². The van der Waals surface area contributed by atoms with E-state index in [1.165, 1.54) is 4.57 Å². The van der Waals surface area contributed by atoms with Gasteiger partial charge in [0.15, 0.2) is 11.2 Å². The monoisotopic (exact) mass is 411 g/mol. The molecule has 0 spiro atoms. The highest BCUT2D eigenvalue weighted by molar-refractivity contribution is 14.1. The number of hydrogen-bond donors (Lipinski definition) is 2. The van der Waals surface area contributed by atoms with Crippen LogP contribution in [0.1, 0.15) is 5.56 Å². The lowest BCUT2D eigenvalue weighted by Gasteiger charge is -2.09. The lowest BCUT2D eigenvalue weighted by molar-refractivity contribution is 0.808. The van der Waals surface area contributed by atoms with Gasteiger partial charge in [-0.05, 0) is 34.2 Å². The molecule has 0 radical (unpaired) electrons. The number of hydrogen-bond acceptors (Lipinski definition) is 4. The Bertz CT molecular complexity index is 970. The Morgan fingerprint density at radius 3 is 2.73 bits per heavy atom. The highest BCUT2D eigenvalue weighted by Gasteiger charge is 2.17. The van der Waals surface area contributed by atoms with Crippen molar-refractivity contribution < 1.29 is 0 Å². The number of H-pyrrole nitrogens is 1. The molecule has 0 saturated heterocycles. The molecule has 0 saturated carbocycles. The third-order valence-electron chi connectivity index (χ3n) is 3.52. The van der Waals surface area contributed by atoms with Crippen molar-refractivity contribution in [2.24, 2.45) is 7.05 Å². The summed E-state index contributed by atoms with van der Waals surface area (Å²) >= 11 is 2.26. The van der Waals surface area contributed by atoms with Crippen LogP contribution in [0.25, 0.3) is 11.2 Å². The smallest absolute Gasteiger partial charge is 0.329 e. The molecule has 0 aliphatic carbocycles. The van der Waals surface area contributed by atoms with Crippen LogP contribution in [0.2, 0.25) is 0 Å². The van der Waals surface area contributed by atoms with Crippen LogP contribution in [0.4, 0.5) is 5.95 Å². The van der Waals surface area contributed by atoms with E-state index in [0.29, 0.717) is 23.7 Å². The normalized spacial score (nSPS) is 11.0. The summed E-state index contributed by atoms with van der Waals surface area (Å²) in [6, 6.07) is 7.93. The minimum Gasteiger partial charge on any atom is -0.359 e. The fraction of sp³-hybridized carbons (Fsp3) is 0.214. The Morgan fingerprint density at radius 2 is 2.05 bits per heavy atom. The Balaban J connectivity index is 2.29. The molecule has 0 aliphatic heterocycles. The lowest BCUT2D eigenvalue weighted by atomic mass is 10.2. The van der Waals surface area contributed by atoms with Gasteiger partial charge in [-0.3, -0.25) is 18.9 Å². The first-order valence-corrected chi connectivity index (χ1v) is 7.71. The van der Waals surface area contributed by atoms with Crippen molar-refractivity contribution in [1.82, 2.24) is 19.1 Å². The molecule has 114 valence electrons. The molecule has 0 unspecified atom stereocenters. The van der Waals surface area contributed by atoms with Crippen molar-refractivity contribution in [3.8, 4) is 0 Å². The summed E-state index contributed by atoms with van der Waals surface area (Å²) in [4.78, 5) is 30.6. The molecule has 3 rings (SSSR count). The quantitative estimate of drug-likeness (QED) is 0.633. The lowest BCUT2D eigenvalue weighted by Crippen LogP contribution is -2.29. The third-order valence-corrected chi connectivity index (χ3v) is 4.57. The maximum Gasteiger partial charge on any atom is 0.329 e. The number of halogens is 1. The molecule has 0 aliphatic rings. The fourth-order valence-electron chi connectivity index (χ4n) is 2.38. The Hall–Kier alpha value is -2.10. The van der Waals surface area contributed by atoms with Gasteiger partial charge in [-0.2, -0.15) is 4.98 Å². The fourth-order valence-corrected chi connectivity index (χ4v) is 2.93. The SMILES string of the molecule is CNc1nc2c(c(=O)[nH]c(=O)n2C)n1Cc1ccccc1I. The number of nitrogens with zero attached hydrogens (tertiary/aromatic N) is 3. The van der Waals surface area contributed by atoms with Crippen LogP contribution in [0, 0.1) is 3.57 Å². The van der Waals surface area contributed by atoms with Crippen LogP contribution < -0.4 is 16.6 Å². The van der Waals surface area contributed by atoms with Gasteiger partial charge in [0.05, 0.1) is 6.54 Å². The average molecular weight is 411 g/mol. The van der Waals surface area contributed by atoms with Crippen molar-refractivity contribution in [3.63, 3.8) is 0 Å². The highest BCUT2D eigenvalue weighted by Crippen LogP contribution is 2.19. The predicted molar refractivity (Wildman–Crippen MR) is 93.4 cm³/mol. The zero-order valence-corrected chi connectivity index (χ0v) is 14.2. The van der Waals surface area contributed by atoms with E-state index in [2.05, 4.69) is 37.9 Å². The van der Waals surface area contributed by atoms with Gasteiger partial charge in [0.1, 0.15) is 0 Å². The number of aromatic nitrogens is 4. The van der Waals surface area contributed by atoms with Crippen molar-refractivity contribution >= 4 is 39.7 Å². The summed E-state index contributed by atoms with van der Waals surface area (Å²) in [5, 5.41) is 2.98. The van der Waals surface area contributed by atoms with Crippen LogP contribution >= 0.6 is 22.6 Å². The van der Waals surface area contributed by atoms with Gasteiger partial charge < -0.3 is 5.32 Å². The topological polar surface area (TPSA) is 84.7 Å². The van der Waals surface area contributed by atoms with Crippen LogP contribution in [0.5, 0.6) is 0 Å². The third kappa shape index (κ3) is 2.32. The molecule has 8 heteroatoms. The van der Waals surface area contributed by atoms with Crippen molar-refractivity contribution in [2.45, 2.75) is 6.54 Å². The average Bonchev–Trinajstić information content (AvgIpc) is 2.86. The molecule has 7 nitrogen and oxygen atoms in total. The second-order valence-electron chi connectivity index (χ2n) is 4.85. The zero-order valence-electron chi connectivity index (χ0n) is 12.1. The van der Waals surface area contributed by atoms with E-state index in [1.807, 2.05) is 24.3 Å². The van der Waals surface area contributed by atoms with Gasteiger partial charge in [-0.15, -0.1) is 0 Å². The summed E-state index contributed by atoms with van der Waals surface area (Å²) < 4.78 is 4.22. The number of rotatable bonds is 3. The van der Waals surface area contributed by atoms with Crippen LogP contribution in [-0.4, -0.2) is 26.1 Å². The van der Waals surface area contributed by atoms with E-state index in [-0.39, 0.29) is 0 Å². The van der Waals surface area contributed by atoms with E-state index in [1.54, 1.807) is 18.7 Å². The number of benzene rings is 1. The van der Waals surface area contributed by atoms with Crippen LogP contribution in [-0.2, 0) is 13.6 Å². The van der Waals surface area contributed by atoms with Gasteiger partial charge in [0.2, 0.25) is 5.95 Å². The van der Waals surface area contributed by atoms with E-state index in [0.717, 1.165) is 9.13 Å². The van der Waals surface area contributed by atoms with Crippen molar-refractivity contribution in [2.75, 3.05) is 12.4 Å². The summed E-state index contributed by atoms with van der Waals surface area (Å²) in [7, 11) is 3.32. The number of nitrogens with one attached hydrogen (secondary N) is 2. The molecule has 0 atom stereocenters. The second kappa shape index (κ2) is 5.59. The van der Waals surface area contributed by atoms with E-state index < -0.39 is 11.2 Å². The Morgan fingerprint density at radius 1 is 1.32 bits per heavy atom. The molecule has 0 amide bonds. The largest absolute Gasteiger partial charge is 0.359 e. The first-order chi connectivity index (χ1) is 10.5. The van der Waals surface area contributed by atoms with Gasteiger partial charge in [0.25, 0.3) is 5.56 Å². The van der Waals surface area contributed by atoms with Crippen molar-refractivity contribution in [3.05, 3.63) is 54.2 Å². The summed E-state index contributed by atoms with van der Waals surface area (Å²) in [6.45, 7) is 0.493. The first kappa shape index (κ1) is 14.8. The molecule has 1 aromatic carbocycles. The zero-order chi connectivity index (χ0) is 15.9. The molecule has 2 heterocycles. The molecule has 2 aromatic heterocycles. The number of aromatic amines is 1. The predicted octanol–water partition coefficient (Wildman–Crippen LogP) is 1.12. The summed E-state index contributed by atoms with van der Waals surface area (Å²) in [6.07, 6.45) is 0. The maximum absolute atomic E-state index is 12.2.